The highest BCUT2D eigenvalue weighted by atomic mass is 16.2. The van der Waals surface area contributed by atoms with Crippen LogP contribution in [0.5, 0.6) is 0 Å². The Balaban J connectivity index is 2.71. The summed E-state index contributed by atoms with van der Waals surface area (Å²) in [7, 11) is 1.54. The van der Waals surface area contributed by atoms with Crippen LogP contribution in [0.1, 0.15) is 32.6 Å². The molecular formula is C15H29N9O3. The highest BCUT2D eigenvalue weighted by Crippen LogP contribution is 2.23. The average Bonchev–Trinajstić information content (AvgIpc) is 2.58. The maximum absolute atomic E-state index is 12.6. The Kier molecular flexibility index (Phi) is 7.97. The molecule has 0 aromatic rings. The molecule has 1 aliphatic heterocycles. The number of rotatable bonds is 8. The van der Waals surface area contributed by atoms with E-state index in [9.17, 15) is 14.4 Å². The van der Waals surface area contributed by atoms with Crippen molar-refractivity contribution in [3.8, 4) is 0 Å². The highest BCUT2D eigenvalue weighted by Gasteiger charge is 2.45. The van der Waals surface area contributed by atoms with E-state index in [1.165, 1.54) is 4.90 Å². The molecule has 1 rings (SSSR count). The third-order valence-electron chi connectivity index (χ3n) is 4.46. The number of carbonyl (C=O) groups is 3. The number of nitrogens with zero attached hydrogens (tertiary/aromatic N) is 3. The molecule has 12 nitrogen and oxygen atoms in total. The number of primary amides is 1. The van der Waals surface area contributed by atoms with E-state index in [-0.39, 0.29) is 36.8 Å². The first-order valence-electron chi connectivity index (χ1n) is 8.62. The summed E-state index contributed by atoms with van der Waals surface area (Å²) in [6.45, 7) is 2.22. The van der Waals surface area contributed by atoms with E-state index in [0.29, 0.717) is 25.8 Å². The van der Waals surface area contributed by atoms with Crippen molar-refractivity contribution in [2.24, 2.45) is 32.9 Å². The van der Waals surface area contributed by atoms with Crippen molar-refractivity contribution in [2.45, 2.75) is 44.2 Å². The van der Waals surface area contributed by atoms with Crippen LogP contribution in [0.15, 0.2) is 9.98 Å². The van der Waals surface area contributed by atoms with Gasteiger partial charge in [-0.15, -0.1) is 0 Å². The van der Waals surface area contributed by atoms with Crippen LogP contribution in [0.4, 0.5) is 4.79 Å². The average molecular weight is 383 g/mol. The molecule has 0 unspecified atom stereocenters. The number of nitrogens with two attached hydrogens (primary N) is 4. The van der Waals surface area contributed by atoms with E-state index in [1.54, 1.807) is 14.0 Å². The zero-order chi connectivity index (χ0) is 20.6. The summed E-state index contributed by atoms with van der Waals surface area (Å²) in [5, 5.41) is 4.68. The Bertz CT molecular complexity index is 630. The van der Waals surface area contributed by atoms with E-state index in [2.05, 4.69) is 20.6 Å². The van der Waals surface area contributed by atoms with Gasteiger partial charge in [-0.25, -0.2) is 9.79 Å². The van der Waals surface area contributed by atoms with Gasteiger partial charge in [0, 0.05) is 26.1 Å². The van der Waals surface area contributed by atoms with Crippen LogP contribution in [0, 0.1) is 0 Å². The maximum Gasteiger partial charge on any atom is 0.318 e. The van der Waals surface area contributed by atoms with Crippen molar-refractivity contribution >= 4 is 29.8 Å². The van der Waals surface area contributed by atoms with Gasteiger partial charge in [0.05, 0.1) is 6.54 Å². The minimum absolute atomic E-state index is 0.00686. The number of urea groups is 1. The zero-order valence-corrected chi connectivity index (χ0v) is 15.7. The largest absolute Gasteiger partial charge is 0.370 e. The molecule has 0 fully saturated rings. The van der Waals surface area contributed by atoms with E-state index in [1.807, 2.05) is 0 Å². The third-order valence-corrected chi connectivity index (χ3v) is 4.46. The van der Waals surface area contributed by atoms with Gasteiger partial charge in [-0.1, -0.05) is 6.92 Å². The van der Waals surface area contributed by atoms with Crippen LogP contribution in [-0.2, 0) is 9.59 Å². The van der Waals surface area contributed by atoms with E-state index in [4.69, 9.17) is 22.9 Å². The monoisotopic (exact) mass is 383 g/mol. The van der Waals surface area contributed by atoms with Crippen LogP contribution >= 0.6 is 0 Å². The molecular weight excluding hydrogens is 354 g/mol. The predicted molar refractivity (Wildman–Crippen MR) is 101 cm³/mol. The molecule has 2 atom stereocenters. The maximum atomic E-state index is 12.6. The van der Waals surface area contributed by atoms with Gasteiger partial charge in [0.2, 0.25) is 11.9 Å². The first kappa shape index (κ1) is 22.2. The number of amides is 4. The second-order valence-electron chi connectivity index (χ2n) is 6.36. The molecule has 1 heterocycles. The molecule has 0 aromatic carbocycles. The standard InChI is InChI=1S/C15H29N9O3/c1-3-15(8-21-14(22-11(15)26)23-13(19)27)24(2)10(25)7-9(16)5-4-6-20-12(17)18/h9H,3-8,16H2,1-2H3,(H4,17,18,20)(H4,19,21,22,23,26,27)/t9-,15+/m0/s1. The summed E-state index contributed by atoms with van der Waals surface area (Å²) in [6.07, 6.45) is 1.62. The second kappa shape index (κ2) is 9.71. The highest BCUT2D eigenvalue weighted by molar-refractivity contribution is 6.09. The molecule has 0 bridgehead atoms. The SMILES string of the molecule is CC[C@@]1(N(C)C(=O)C[C@@H](N)CCCN=C(N)N)CN=C(NC(N)=O)NC1=O. The van der Waals surface area contributed by atoms with Crippen molar-refractivity contribution in [2.75, 3.05) is 20.1 Å². The van der Waals surface area contributed by atoms with E-state index in [0.717, 1.165) is 0 Å². The minimum atomic E-state index is -1.15. The summed E-state index contributed by atoms with van der Waals surface area (Å²) in [5.74, 6) is -0.740. The first-order chi connectivity index (χ1) is 12.6. The lowest BCUT2D eigenvalue weighted by Crippen LogP contribution is -2.66. The fourth-order valence-electron chi connectivity index (χ4n) is 2.76. The Morgan fingerprint density at radius 1 is 1.41 bits per heavy atom. The molecule has 27 heavy (non-hydrogen) atoms. The van der Waals surface area contributed by atoms with Crippen LogP contribution in [-0.4, -0.2) is 66.4 Å². The van der Waals surface area contributed by atoms with Crippen molar-refractivity contribution in [3.63, 3.8) is 0 Å². The number of carbonyl (C=O) groups excluding carboxylic acids is 3. The number of hydrogen-bond donors (Lipinski definition) is 6. The number of aliphatic imine (C=N–C) groups is 2. The molecule has 0 aromatic heterocycles. The quantitative estimate of drug-likeness (QED) is 0.152. The number of hydrogen-bond acceptors (Lipinski definition) is 6. The van der Waals surface area contributed by atoms with Crippen LogP contribution in [0.2, 0.25) is 0 Å². The van der Waals surface area contributed by atoms with Gasteiger partial charge < -0.3 is 27.8 Å². The summed E-state index contributed by atoms with van der Waals surface area (Å²) in [5.41, 5.74) is 20.4. The second-order valence-corrected chi connectivity index (χ2v) is 6.36. The Morgan fingerprint density at radius 3 is 2.59 bits per heavy atom. The van der Waals surface area contributed by atoms with Crippen LogP contribution < -0.4 is 33.6 Å². The number of nitrogens with one attached hydrogen (secondary N) is 2. The lowest BCUT2D eigenvalue weighted by atomic mass is 9.91. The lowest BCUT2D eigenvalue weighted by molar-refractivity contribution is -0.145. The molecule has 10 N–H and O–H groups in total. The molecule has 0 aliphatic carbocycles. The van der Waals surface area contributed by atoms with Crippen LogP contribution in [0.25, 0.3) is 0 Å². The fraction of sp³-hybridized carbons (Fsp3) is 0.667. The van der Waals surface area contributed by atoms with Gasteiger partial charge in [0.15, 0.2) is 5.96 Å². The third kappa shape index (κ3) is 6.09. The molecule has 1 aliphatic rings. The molecule has 0 radical (unpaired) electrons. The predicted octanol–water partition coefficient (Wildman–Crippen LogP) is -2.48. The Hall–Kier alpha value is -2.89. The van der Waals surface area contributed by atoms with Crippen molar-refractivity contribution in [3.05, 3.63) is 0 Å². The lowest BCUT2D eigenvalue weighted by Gasteiger charge is -2.41. The van der Waals surface area contributed by atoms with E-state index < -0.39 is 17.5 Å². The summed E-state index contributed by atoms with van der Waals surface area (Å²) < 4.78 is 0. The molecule has 4 amide bonds. The molecule has 0 saturated heterocycles. The smallest absolute Gasteiger partial charge is 0.318 e. The Morgan fingerprint density at radius 2 is 2.07 bits per heavy atom. The van der Waals surface area contributed by atoms with Gasteiger partial charge >= 0.3 is 6.03 Å². The van der Waals surface area contributed by atoms with Crippen molar-refractivity contribution < 1.29 is 14.4 Å². The summed E-state index contributed by atoms with van der Waals surface area (Å²) >= 11 is 0. The molecule has 12 heteroatoms. The van der Waals surface area contributed by atoms with Crippen LogP contribution in [0.3, 0.4) is 0 Å². The zero-order valence-electron chi connectivity index (χ0n) is 15.7. The van der Waals surface area contributed by atoms with E-state index >= 15 is 0 Å². The topological polar surface area (TPSA) is 207 Å². The summed E-state index contributed by atoms with van der Waals surface area (Å²) in [4.78, 5) is 45.5. The van der Waals surface area contributed by atoms with Gasteiger partial charge in [-0.2, -0.15) is 0 Å². The van der Waals surface area contributed by atoms with Gasteiger partial charge in [-0.3, -0.25) is 25.2 Å². The molecule has 0 spiro atoms. The van der Waals surface area contributed by atoms with Gasteiger partial charge in [0.25, 0.3) is 5.91 Å². The van der Waals surface area contributed by atoms with Crippen molar-refractivity contribution in [1.29, 1.82) is 0 Å². The normalized spacial score (nSPS) is 20.1. The molecule has 152 valence electrons. The minimum Gasteiger partial charge on any atom is -0.370 e. The van der Waals surface area contributed by atoms with Gasteiger partial charge in [-0.05, 0) is 19.3 Å². The Labute approximate surface area is 157 Å². The van der Waals surface area contributed by atoms with Gasteiger partial charge in [0.1, 0.15) is 5.54 Å². The fourth-order valence-corrected chi connectivity index (χ4v) is 2.76. The van der Waals surface area contributed by atoms with Crippen molar-refractivity contribution in [1.82, 2.24) is 15.5 Å². The number of likely N-dealkylation sites (N-methyl/N-ethyl adjacent to an activating group) is 1. The number of guanidine groups is 2. The molecule has 0 saturated carbocycles. The first-order valence-corrected chi connectivity index (χ1v) is 8.62. The summed E-state index contributed by atoms with van der Waals surface area (Å²) in [6, 6.07) is -1.22.